The minimum absolute atomic E-state index is 0.440. The van der Waals surface area contributed by atoms with Crippen molar-refractivity contribution in [3.05, 3.63) is 59.8 Å². The maximum atomic E-state index is 4.84. The number of pyridine rings is 1. The van der Waals surface area contributed by atoms with Crippen LogP contribution in [-0.4, -0.2) is 28.5 Å². The van der Waals surface area contributed by atoms with E-state index in [0.29, 0.717) is 18.1 Å². The molecule has 0 unspecified atom stereocenters. The number of likely N-dealkylation sites (tertiary alicyclic amines) is 1. The molecule has 140 valence electrons. The zero-order valence-electron chi connectivity index (χ0n) is 16.7. The van der Waals surface area contributed by atoms with Gasteiger partial charge in [0.2, 0.25) is 0 Å². The summed E-state index contributed by atoms with van der Waals surface area (Å²) in [5.41, 5.74) is 2.79. The van der Waals surface area contributed by atoms with Crippen LogP contribution >= 0.6 is 0 Å². The monoisotopic (exact) mass is 351 g/mol. The summed E-state index contributed by atoms with van der Waals surface area (Å²) in [6, 6.07) is 16.6. The standard InChI is InChI=1S/C23H33N3/c1-18(2)26(19(3)4)23-21(13-10-15-24-23)22-14-8-9-16-25(22)17-20-11-6-5-7-12-20/h5-7,10-13,15,18-19,22H,8-9,14,16-17H2,1-4H3/t22-/m0/s1. The molecule has 2 aromatic rings. The lowest BCUT2D eigenvalue weighted by Crippen LogP contribution is -2.40. The first-order chi connectivity index (χ1) is 12.6. The van der Waals surface area contributed by atoms with E-state index in [-0.39, 0.29) is 0 Å². The van der Waals surface area contributed by atoms with Crippen molar-refractivity contribution in [2.45, 2.75) is 71.6 Å². The van der Waals surface area contributed by atoms with Crippen LogP contribution in [0.2, 0.25) is 0 Å². The summed E-state index contributed by atoms with van der Waals surface area (Å²) in [7, 11) is 0. The molecule has 26 heavy (non-hydrogen) atoms. The van der Waals surface area contributed by atoms with E-state index in [0.717, 1.165) is 13.1 Å². The summed E-state index contributed by atoms with van der Waals surface area (Å²) in [6.07, 6.45) is 5.75. The first kappa shape index (κ1) is 18.9. The molecule has 0 amide bonds. The molecular weight excluding hydrogens is 318 g/mol. The number of benzene rings is 1. The van der Waals surface area contributed by atoms with E-state index in [1.54, 1.807) is 0 Å². The number of nitrogens with zero attached hydrogens (tertiary/aromatic N) is 3. The summed E-state index contributed by atoms with van der Waals surface area (Å²) in [5, 5.41) is 0. The molecule has 1 aliphatic heterocycles. The number of hydrogen-bond acceptors (Lipinski definition) is 3. The molecule has 0 bridgehead atoms. The molecule has 1 aliphatic rings. The van der Waals surface area contributed by atoms with Crippen LogP contribution in [0.25, 0.3) is 0 Å². The van der Waals surface area contributed by atoms with Crippen LogP contribution < -0.4 is 4.90 Å². The fourth-order valence-electron chi connectivity index (χ4n) is 4.32. The molecule has 3 rings (SSSR count). The summed E-state index contributed by atoms with van der Waals surface area (Å²) in [5.74, 6) is 1.17. The number of rotatable bonds is 6. The summed E-state index contributed by atoms with van der Waals surface area (Å²) in [4.78, 5) is 9.95. The topological polar surface area (TPSA) is 19.4 Å². The van der Waals surface area contributed by atoms with E-state index in [1.165, 1.54) is 36.2 Å². The third-order valence-electron chi connectivity index (χ3n) is 5.38. The van der Waals surface area contributed by atoms with Crippen molar-refractivity contribution in [1.82, 2.24) is 9.88 Å². The summed E-state index contributed by atoms with van der Waals surface area (Å²) in [6.45, 7) is 11.2. The zero-order chi connectivity index (χ0) is 18.5. The van der Waals surface area contributed by atoms with Crippen molar-refractivity contribution in [2.24, 2.45) is 0 Å². The van der Waals surface area contributed by atoms with E-state index < -0.39 is 0 Å². The highest BCUT2D eigenvalue weighted by molar-refractivity contribution is 5.50. The highest BCUT2D eigenvalue weighted by atomic mass is 15.2. The first-order valence-electron chi connectivity index (χ1n) is 10.1. The summed E-state index contributed by atoms with van der Waals surface area (Å²) < 4.78 is 0. The van der Waals surface area contributed by atoms with Gasteiger partial charge in [-0.2, -0.15) is 0 Å². The van der Waals surface area contributed by atoms with Crippen LogP contribution in [0.1, 0.15) is 64.1 Å². The second-order valence-corrected chi connectivity index (χ2v) is 7.98. The quantitative estimate of drug-likeness (QED) is 0.691. The van der Waals surface area contributed by atoms with Gasteiger partial charge in [0, 0.05) is 36.4 Å². The Morgan fingerprint density at radius 2 is 1.73 bits per heavy atom. The van der Waals surface area contributed by atoms with Gasteiger partial charge in [-0.3, -0.25) is 4.90 Å². The van der Waals surface area contributed by atoms with E-state index >= 15 is 0 Å². The molecule has 1 aromatic heterocycles. The number of anilines is 1. The molecule has 2 heterocycles. The molecule has 0 saturated carbocycles. The molecule has 0 aliphatic carbocycles. The molecule has 3 nitrogen and oxygen atoms in total. The van der Waals surface area contributed by atoms with E-state index in [1.807, 2.05) is 6.20 Å². The number of piperidine rings is 1. The fourth-order valence-corrected chi connectivity index (χ4v) is 4.32. The van der Waals surface area contributed by atoms with E-state index in [2.05, 4.69) is 80.0 Å². The van der Waals surface area contributed by atoms with Gasteiger partial charge in [0.05, 0.1) is 0 Å². The summed E-state index contributed by atoms with van der Waals surface area (Å²) >= 11 is 0. The average molecular weight is 352 g/mol. The number of hydrogen-bond donors (Lipinski definition) is 0. The fraction of sp³-hybridized carbons (Fsp3) is 0.522. The van der Waals surface area contributed by atoms with Gasteiger partial charge in [-0.15, -0.1) is 0 Å². The van der Waals surface area contributed by atoms with Crippen molar-refractivity contribution in [3.63, 3.8) is 0 Å². The van der Waals surface area contributed by atoms with Crippen molar-refractivity contribution < 1.29 is 0 Å². The molecule has 0 spiro atoms. The predicted molar refractivity (Wildman–Crippen MR) is 110 cm³/mol. The minimum Gasteiger partial charge on any atom is -0.351 e. The SMILES string of the molecule is CC(C)N(c1ncccc1[C@@H]1CCCCN1Cc1ccccc1)C(C)C. The van der Waals surface area contributed by atoms with Gasteiger partial charge < -0.3 is 4.90 Å². The van der Waals surface area contributed by atoms with Crippen molar-refractivity contribution >= 4 is 5.82 Å². The van der Waals surface area contributed by atoms with Gasteiger partial charge in [0.1, 0.15) is 5.82 Å². The van der Waals surface area contributed by atoms with Crippen LogP contribution in [0, 0.1) is 0 Å². The van der Waals surface area contributed by atoms with Crippen LogP contribution in [-0.2, 0) is 6.54 Å². The molecule has 0 N–H and O–H groups in total. The Morgan fingerprint density at radius 1 is 1.00 bits per heavy atom. The molecule has 1 saturated heterocycles. The number of aromatic nitrogens is 1. The van der Waals surface area contributed by atoms with Crippen LogP contribution in [0.15, 0.2) is 48.7 Å². The Kier molecular flexibility index (Phi) is 6.31. The maximum absolute atomic E-state index is 4.84. The van der Waals surface area contributed by atoms with Crippen molar-refractivity contribution in [1.29, 1.82) is 0 Å². The lowest BCUT2D eigenvalue weighted by atomic mass is 9.94. The van der Waals surface area contributed by atoms with Gasteiger partial charge >= 0.3 is 0 Å². The molecule has 1 aromatic carbocycles. The maximum Gasteiger partial charge on any atom is 0.133 e. The second-order valence-electron chi connectivity index (χ2n) is 7.98. The van der Waals surface area contributed by atoms with E-state index in [9.17, 15) is 0 Å². The largest absolute Gasteiger partial charge is 0.351 e. The Morgan fingerprint density at radius 3 is 2.42 bits per heavy atom. The smallest absolute Gasteiger partial charge is 0.133 e. The highest BCUT2D eigenvalue weighted by Gasteiger charge is 2.29. The lowest BCUT2D eigenvalue weighted by Gasteiger charge is -2.40. The van der Waals surface area contributed by atoms with Gasteiger partial charge in [0.25, 0.3) is 0 Å². The van der Waals surface area contributed by atoms with Crippen LogP contribution in [0.3, 0.4) is 0 Å². The molecular formula is C23H33N3. The Labute approximate surface area is 159 Å². The van der Waals surface area contributed by atoms with Gasteiger partial charge in [-0.25, -0.2) is 4.98 Å². The molecule has 0 radical (unpaired) electrons. The third-order valence-corrected chi connectivity index (χ3v) is 5.38. The second kappa shape index (κ2) is 8.68. The Balaban J connectivity index is 1.93. The van der Waals surface area contributed by atoms with Crippen LogP contribution in [0.5, 0.6) is 0 Å². The van der Waals surface area contributed by atoms with Gasteiger partial charge in [0.15, 0.2) is 0 Å². The third kappa shape index (κ3) is 4.27. The van der Waals surface area contributed by atoms with Gasteiger partial charge in [-0.05, 0) is 58.7 Å². The predicted octanol–water partition coefficient (Wildman–Crippen LogP) is 5.43. The minimum atomic E-state index is 0.440. The molecule has 1 atom stereocenters. The Hall–Kier alpha value is -1.87. The van der Waals surface area contributed by atoms with Crippen LogP contribution in [0.4, 0.5) is 5.82 Å². The zero-order valence-corrected chi connectivity index (χ0v) is 16.7. The Bertz CT molecular complexity index is 673. The normalized spacial score (nSPS) is 18.5. The molecule has 3 heteroatoms. The molecule has 1 fully saturated rings. The average Bonchev–Trinajstić information content (AvgIpc) is 2.63. The van der Waals surface area contributed by atoms with Crippen molar-refractivity contribution in [3.8, 4) is 0 Å². The van der Waals surface area contributed by atoms with Gasteiger partial charge in [-0.1, -0.05) is 42.8 Å². The van der Waals surface area contributed by atoms with E-state index in [4.69, 9.17) is 4.98 Å². The lowest BCUT2D eigenvalue weighted by molar-refractivity contribution is 0.140. The van der Waals surface area contributed by atoms with Crippen molar-refractivity contribution in [2.75, 3.05) is 11.4 Å². The highest BCUT2D eigenvalue weighted by Crippen LogP contribution is 2.37. The first-order valence-corrected chi connectivity index (χ1v) is 10.1.